The lowest BCUT2D eigenvalue weighted by Crippen LogP contribution is -2.35. The number of hydrogen-bond acceptors (Lipinski definition) is 6. The molecule has 7 heteroatoms. The molecule has 20 heavy (non-hydrogen) atoms. The molecule has 1 atom stereocenters. The third-order valence-corrected chi connectivity index (χ3v) is 3.02. The summed E-state index contributed by atoms with van der Waals surface area (Å²) in [5.74, 6) is -0.966. The van der Waals surface area contributed by atoms with E-state index in [4.69, 9.17) is 9.15 Å². The zero-order valence-electron chi connectivity index (χ0n) is 12.5. The molecule has 7 nitrogen and oxygen atoms in total. The largest absolute Gasteiger partial charge is 0.459 e. The molecule has 0 bridgehead atoms. The Morgan fingerprint density at radius 2 is 2.00 bits per heavy atom. The van der Waals surface area contributed by atoms with Gasteiger partial charge in [-0.05, 0) is 12.3 Å². The SMILES string of the molecule is CCOC(=O)c1nnc(CNC(=O)C(C)C(C)(C)C)o1. The number of carbonyl (C=O) groups excluding carboxylic acids is 2. The lowest BCUT2D eigenvalue weighted by Gasteiger charge is -2.25. The first-order valence-corrected chi connectivity index (χ1v) is 6.53. The molecule has 1 heterocycles. The van der Waals surface area contributed by atoms with E-state index in [1.807, 2.05) is 27.7 Å². The zero-order chi connectivity index (χ0) is 15.3. The number of nitrogens with zero attached hydrogens (tertiary/aromatic N) is 2. The highest BCUT2D eigenvalue weighted by molar-refractivity contribution is 5.83. The van der Waals surface area contributed by atoms with Crippen molar-refractivity contribution in [2.75, 3.05) is 6.61 Å². The number of carbonyl (C=O) groups is 2. The highest BCUT2D eigenvalue weighted by Gasteiger charge is 2.27. The Bertz CT molecular complexity index is 476. The maximum absolute atomic E-state index is 11.9. The summed E-state index contributed by atoms with van der Waals surface area (Å²) in [6, 6.07) is 0. The number of esters is 1. The van der Waals surface area contributed by atoms with Crippen molar-refractivity contribution in [3.05, 3.63) is 11.8 Å². The van der Waals surface area contributed by atoms with Gasteiger partial charge in [0.25, 0.3) is 0 Å². The average Bonchev–Trinajstić information content (AvgIpc) is 2.83. The van der Waals surface area contributed by atoms with Gasteiger partial charge in [0.15, 0.2) is 0 Å². The quantitative estimate of drug-likeness (QED) is 0.824. The minimum absolute atomic E-state index is 0.0889. The van der Waals surface area contributed by atoms with E-state index in [2.05, 4.69) is 15.5 Å². The molecule has 0 fully saturated rings. The van der Waals surface area contributed by atoms with E-state index in [0.29, 0.717) is 0 Å². The monoisotopic (exact) mass is 283 g/mol. The Labute approximate surface area is 118 Å². The Kier molecular flexibility index (Phi) is 5.24. The van der Waals surface area contributed by atoms with Gasteiger partial charge in [-0.15, -0.1) is 10.2 Å². The van der Waals surface area contributed by atoms with Gasteiger partial charge in [0.1, 0.15) is 0 Å². The van der Waals surface area contributed by atoms with Gasteiger partial charge >= 0.3 is 11.9 Å². The second-order valence-electron chi connectivity index (χ2n) is 5.53. The normalized spacial score (nSPS) is 12.8. The first kappa shape index (κ1) is 16.1. The molecule has 0 aromatic carbocycles. The van der Waals surface area contributed by atoms with Crippen molar-refractivity contribution in [2.45, 2.75) is 41.2 Å². The zero-order valence-corrected chi connectivity index (χ0v) is 12.5. The van der Waals surface area contributed by atoms with E-state index in [1.54, 1.807) is 6.92 Å². The lowest BCUT2D eigenvalue weighted by molar-refractivity contribution is -0.127. The molecule has 1 aromatic rings. The Hall–Kier alpha value is -1.92. The van der Waals surface area contributed by atoms with Crippen molar-refractivity contribution in [2.24, 2.45) is 11.3 Å². The Morgan fingerprint density at radius 3 is 2.55 bits per heavy atom. The molecule has 0 radical (unpaired) electrons. The maximum atomic E-state index is 11.9. The van der Waals surface area contributed by atoms with Gasteiger partial charge in [0.05, 0.1) is 13.2 Å². The third-order valence-electron chi connectivity index (χ3n) is 3.02. The van der Waals surface area contributed by atoms with Crippen molar-refractivity contribution in [1.29, 1.82) is 0 Å². The first-order valence-electron chi connectivity index (χ1n) is 6.53. The van der Waals surface area contributed by atoms with Crippen LogP contribution in [0.4, 0.5) is 0 Å². The highest BCUT2D eigenvalue weighted by atomic mass is 16.5. The molecule has 0 aliphatic rings. The molecule has 1 N–H and O–H groups in total. The standard InChI is InChI=1S/C13H21N3O4/c1-6-19-12(18)11-16-15-9(20-11)7-14-10(17)8(2)13(3,4)5/h8H,6-7H2,1-5H3,(H,14,17). The summed E-state index contributed by atoms with van der Waals surface area (Å²) in [6.45, 7) is 9.83. The summed E-state index contributed by atoms with van der Waals surface area (Å²) >= 11 is 0. The lowest BCUT2D eigenvalue weighted by atomic mass is 9.81. The molecule has 0 aliphatic carbocycles. The van der Waals surface area contributed by atoms with Crippen LogP contribution in [-0.2, 0) is 16.1 Å². The fourth-order valence-corrected chi connectivity index (χ4v) is 1.31. The van der Waals surface area contributed by atoms with E-state index in [0.717, 1.165) is 0 Å². The van der Waals surface area contributed by atoms with Crippen LogP contribution in [-0.4, -0.2) is 28.7 Å². The summed E-state index contributed by atoms with van der Waals surface area (Å²) < 4.78 is 9.83. The van der Waals surface area contributed by atoms with Crippen molar-refractivity contribution >= 4 is 11.9 Å². The van der Waals surface area contributed by atoms with Crippen molar-refractivity contribution in [3.63, 3.8) is 0 Å². The molecule has 1 amide bonds. The van der Waals surface area contributed by atoms with E-state index >= 15 is 0 Å². The van der Waals surface area contributed by atoms with Gasteiger partial charge in [-0.1, -0.05) is 27.7 Å². The molecule has 1 rings (SSSR count). The van der Waals surface area contributed by atoms with Crippen LogP contribution in [0, 0.1) is 11.3 Å². The Morgan fingerprint density at radius 1 is 1.35 bits per heavy atom. The van der Waals surface area contributed by atoms with Gasteiger partial charge in [-0.25, -0.2) is 4.79 Å². The second-order valence-corrected chi connectivity index (χ2v) is 5.53. The minimum atomic E-state index is -0.666. The van der Waals surface area contributed by atoms with Gasteiger partial charge in [-0.2, -0.15) is 0 Å². The van der Waals surface area contributed by atoms with Crippen molar-refractivity contribution < 1.29 is 18.7 Å². The second kappa shape index (κ2) is 6.49. The molecule has 1 unspecified atom stereocenters. The fraction of sp³-hybridized carbons (Fsp3) is 0.692. The predicted octanol–water partition coefficient (Wildman–Crippen LogP) is 1.54. The van der Waals surface area contributed by atoms with Gasteiger partial charge < -0.3 is 14.5 Å². The van der Waals surface area contributed by atoms with E-state index < -0.39 is 5.97 Å². The predicted molar refractivity (Wildman–Crippen MR) is 70.7 cm³/mol. The molecule has 0 spiro atoms. The number of nitrogens with one attached hydrogen (secondary N) is 1. The van der Waals surface area contributed by atoms with Gasteiger partial charge in [0.2, 0.25) is 11.8 Å². The van der Waals surface area contributed by atoms with Gasteiger partial charge in [0, 0.05) is 5.92 Å². The molecule has 1 aromatic heterocycles. The van der Waals surface area contributed by atoms with Gasteiger partial charge in [-0.3, -0.25) is 4.79 Å². The molecular weight excluding hydrogens is 262 g/mol. The molecule has 0 aliphatic heterocycles. The van der Waals surface area contributed by atoms with E-state index in [1.165, 1.54) is 0 Å². The molecule has 112 valence electrons. The van der Waals surface area contributed by atoms with E-state index in [-0.39, 0.29) is 42.2 Å². The summed E-state index contributed by atoms with van der Waals surface area (Å²) in [6.07, 6.45) is 0. The fourth-order valence-electron chi connectivity index (χ4n) is 1.31. The number of hydrogen-bond donors (Lipinski definition) is 1. The van der Waals surface area contributed by atoms with Crippen LogP contribution < -0.4 is 5.32 Å². The molecular formula is C13H21N3O4. The number of amides is 1. The molecule has 0 saturated carbocycles. The van der Waals surface area contributed by atoms with Crippen LogP contribution in [0.2, 0.25) is 0 Å². The average molecular weight is 283 g/mol. The summed E-state index contributed by atoms with van der Waals surface area (Å²) in [5, 5.41) is 9.95. The summed E-state index contributed by atoms with van der Waals surface area (Å²) in [5.41, 5.74) is -0.130. The Balaban J connectivity index is 2.55. The number of rotatable bonds is 5. The summed E-state index contributed by atoms with van der Waals surface area (Å²) in [4.78, 5) is 23.2. The first-order chi connectivity index (χ1) is 9.25. The summed E-state index contributed by atoms with van der Waals surface area (Å²) in [7, 11) is 0. The van der Waals surface area contributed by atoms with Crippen LogP contribution >= 0.6 is 0 Å². The van der Waals surface area contributed by atoms with Crippen molar-refractivity contribution in [1.82, 2.24) is 15.5 Å². The van der Waals surface area contributed by atoms with E-state index in [9.17, 15) is 9.59 Å². The smallest absolute Gasteiger partial charge is 0.396 e. The topological polar surface area (TPSA) is 94.3 Å². The third kappa shape index (κ3) is 4.32. The minimum Gasteiger partial charge on any atom is -0.459 e. The van der Waals surface area contributed by atoms with Crippen LogP contribution in [0.5, 0.6) is 0 Å². The van der Waals surface area contributed by atoms with Crippen LogP contribution in [0.15, 0.2) is 4.42 Å². The number of ether oxygens (including phenoxy) is 1. The highest BCUT2D eigenvalue weighted by Crippen LogP contribution is 2.25. The van der Waals surface area contributed by atoms with Crippen LogP contribution in [0.25, 0.3) is 0 Å². The van der Waals surface area contributed by atoms with Crippen molar-refractivity contribution in [3.8, 4) is 0 Å². The number of aromatic nitrogens is 2. The van der Waals surface area contributed by atoms with Crippen LogP contribution in [0.1, 0.15) is 51.2 Å². The maximum Gasteiger partial charge on any atom is 0.396 e. The molecule has 0 saturated heterocycles. The van der Waals surface area contributed by atoms with Crippen LogP contribution in [0.3, 0.4) is 0 Å².